The number of hydrogen-bond donors (Lipinski definition) is 6. The van der Waals surface area contributed by atoms with Crippen LogP contribution >= 0.6 is 15.6 Å². The van der Waals surface area contributed by atoms with Crippen molar-refractivity contribution in [3.63, 3.8) is 0 Å². The predicted molar refractivity (Wildman–Crippen MR) is 85.9 cm³/mol. The first-order valence-electron chi connectivity index (χ1n) is 7.54. The van der Waals surface area contributed by atoms with Gasteiger partial charge in [-0.2, -0.15) is 4.31 Å². The van der Waals surface area contributed by atoms with Crippen molar-refractivity contribution in [2.75, 3.05) is 12.3 Å². The van der Waals surface area contributed by atoms with Crippen LogP contribution in [0.3, 0.4) is 0 Å². The fourth-order valence-corrected chi connectivity index (χ4v) is 4.08. The SMILES string of the molecule is Nc1ncnc2c1ncn2[C@@H]1O[C@@H](COP(=O)(O)OP(=O)(O)O)[C@@H](O)[C@@H]1O.[O]=[V]=[O]. The molecule has 1 saturated heterocycles. The number of nitrogens with zero attached hydrogens (tertiary/aromatic N) is 4. The van der Waals surface area contributed by atoms with Crippen molar-refractivity contribution in [3.8, 4) is 0 Å². The fourth-order valence-electron chi connectivity index (χ4n) is 2.48. The Kier molecular flexibility index (Phi) is 8.20. The third-order valence-corrected chi connectivity index (χ3v) is 5.76. The number of phosphoric ester groups is 1. The molecular weight excluding hydrogens is 495 g/mol. The van der Waals surface area contributed by atoms with Crippen molar-refractivity contribution in [1.29, 1.82) is 0 Å². The molecule has 0 spiro atoms. The number of nitrogen functional groups attached to an aromatic ring is 1. The molecule has 1 fully saturated rings. The number of hydrogen-bond acceptors (Lipinski definition) is 13. The number of aromatic nitrogens is 4. The Bertz CT molecular complexity index is 1020. The van der Waals surface area contributed by atoms with Crippen LogP contribution in [0.25, 0.3) is 11.2 Å². The van der Waals surface area contributed by atoms with Gasteiger partial charge < -0.3 is 35.4 Å². The van der Waals surface area contributed by atoms with E-state index in [-0.39, 0.29) is 17.0 Å². The molecule has 1 aliphatic heterocycles. The molecule has 2 aromatic heterocycles. The summed E-state index contributed by atoms with van der Waals surface area (Å²) in [5.74, 6) is 0.0856. The van der Waals surface area contributed by atoms with Crippen LogP contribution in [0.5, 0.6) is 0 Å². The summed E-state index contributed by atoms with van der Waals surface area (Å²) in [6.45, 7) is -0.813. The molecule has 5 atom stereocenters. The minimum atomic E-state index is -5.29. The Morgan fingerprint density at radius 2 is 1.80 bits per heavy atom. The van der Waals surface area contributed by atoms with Crippen LogP contribution < -0.4 is 5.73 Å². The van der Waals surface area contributed by atoms with E-state index in [0.717, 1.165) is 6.33 Å². The van der Waals surface area contributed by atoms with E-state index in [2.05, 4.69) is 23.8 Å². The molecule has 0 aliphatic carbocycles. The summed E-state index contributed by atoms with van der Waals surface area (Å²) < 4.78 is 53.8. The first-order valence-corrected chi connectivity index (χ1v) is 11.7. The van der Waals surface area contributed by atoms with Gasteiger partial charge in [0.1, 0.15) is 30.2 Å². The van der Waals surface area contributed by atoms with E-state index in [9.17, 15) is 24.2 Å². The van der Waals surface area contributed by atoms with Crippen molar-refractivity contribution in [2.45, 2.75) is 24.5 Å². The average molecular weight is 510 g/mol. The van der Waals surface area contributed by atoms with Gasteiger partial charge >= 0.3 is 39.2 Å². The van der Waals surface area contributed by atoms with Crippen molar-refractivity contribution in [3.05, 3.63) is 12.7 Å². The third kappa shape index (κ3) is 6.10. The summed E-state index contributed by atoms with van der Waals surface area (Å²) in [4.78, 5) is 38.1. The van der Waals surface area contributed by atoms with Gasteiger partial charge in [-0.05, 0) is 0 Å². The summed E-state index contributed by atoms with van der Waals surface area (Å²) in [6, 6.07) is 0. The van der Waals surface area contributed by atoms with Crippen molar-refractivity contribution >= 4 is 32.6 Å². The number of nitrogens with two attached hydrogens (primary N) is 1. The number of rotatable bonds is 6. The van der Waals surface area contributed by atoms with Gasteiger partial charge in [0.2, 0.25) is 0 Å². The van der Waals surface area contributed by atoms with Gasteiger partial charge in [0, 0.05) is 0 Å². The van der Waals surface area contributed by atoms with Gasteiger partial charge in [0.25, 0.3) is 0 Å². The normalized spacial score (nSPS) is 25.9. The van der Waals surface area contributed by atoms with Crippen LogP contribution in [0.1, 0.15) is 6.23 Å². The predicted octanol–water partition coefficient (Wildman–Crippen LogP) is -1.99. The molecule has 7 N–H and O–H groups in total. The second kappa shape index (κ2) is 9.87. The third-order valence-electron chi connectivity index (χ3n) is 3.61. The zero-order valence-corrected chi connectivity index (χ0v) is 17.7. The number of fused-ring (bicyclic) bond motifs is 1. The standard InChI is InChI=1S/C10H15N5O10P2.2O.V/c11-8-5-9(13-2-12-8)15(3-14-5)10-7(17)6(16)4(24-10)1-23-27(21,22)25-26(18,19)20;;;/h2-4,6-7,10,16-17H,1H2,(H,21,22)(H2,11,12,13)(H2,18,19,20);;;/t4-,6+,7-,10+;;;/m0.../s1. The van der Waals surface area contributed by atoms with E-state index in [1.54, 1.807) is 0 Å². The monoisotopic (exact) mass is 510 g/mol. The number of anilines is 1. The van der Waals surface area contributed by atoms with E-state index in [0.29, 0.717) is 0 Å². The van der Waals surface area contributed by atoms with Crippen molar-refractivity contribution in [2.24, 2.45) is 0 Å². The first kappa shape index (κ1) is 24.9. The van der Waals surface area contributed by atoms with Gasteiger partial charge in [-0.3, -0.25) is 9.09 Å². The van der Waals surface area contributed by atoms with E-state index >= 15 is 0 Å². The topological polar surface area (TPSA) is 267 Å². The Hall–Kier alpha value is -1.33. The second-order valence-electron chi connectivity index (χ2n) is 5.54. The molecule has 2 aromatic rings. The van der Waals surface area contributed by atoms with Gasteiger partial charge in [-0.25, -0.2) is 24.1 Å². The molecule has 0 amide bonds. The van der Waals surface area contributed by atoms with E-state index < -0.39 is 63.0 Å². The van der Waals surface area contributed by atoms with E-state index in [1.807, 2.05) is 0 Å². The molecule has 20 heteroatoms. The first-order chi connectivity index (χ1) is 13.9. The number of phosphoric acid groups is 2. The second-order valence-corrected chi connectivity index (χ2v) is 8.60. The molecule has 1 aliphatic rings. The van der Waals surface area contributed by atoms with Crippen LogP contribution in [0.15, 0.2) is 12.7 Å². The Morgan fingerprint density at radius 3 is 2.40 bits per heavy atom. The molecule has 17 nitrogen and oxygen atoms in total. The fraction of sp³-hybridized carbons (Fsp3) is 0.500. The zero-order chi connectivity index (χ0) is 22.7. The maximum atomic E-state index is 11.5. The summed E-state index contributed by atoms with van der Waals surface area (Å²) in [7, 11) is -10.4. The van der Waals surface area contributed by atoms with Crippen molar-refractivity contribution in [1.82, 2.24) is 19.5 Å². The minimum absolute atomic E-state index is 0.0856. The average Bonchev–Trinajstić information content (AvgIpc) is 3.15. The van der Waals surface area contributed by atoms with E-state index in [4.69, 9.17) is 27.6 Å². The summed E-state index contributed by atoms with van der Waals surface area (Å²) in [5.41, 5.74) is 6.11. The molecule has 30 heavy (non-hydrogen) atoms. The Morgan fingerprint density at radius 1 is 1.17 bits per heavy atom. The summed E-state index contributed by atoms with van der Waals surface area (Å²) >= 11 is -1.81. The van der Waals surface area contributed by atoms with Gasteiger partial charge in [-0.1, -0.05) is 0 Å². The van der Waals surface area contributed by atoms with Crippen LogP contribution in [-0.2, 0) is 46.2 Å². The summed E-state index contributed by atoms with van der Waals surface area (Å²) in [5, 5.41) is 20.3. The molecule has 167 valence electrons. The molecular formula is C10H15N5O12P2V. The number of imidazole rings is 1. The summed E-state index contributed by atoms with van der Waals surface area (Å²) in [6.07, 6.45) is -3.20. The maximum absolute atomic E-state index is 11.5. The number of aliphatic hydroxyl groups is 2. The molecule has 0 aromatic carbocycles. The molecule has 0 saturated carbocycles. The van der Waals surface area contributed by atoms with Gasteiger partial charge in [-0.15, -0.1) is 0 Å². The molecule has 3 heterocycles. The zero-order valence-electron chi connectivity index (χ0n) is 14.5. The van der Waals surface area contributed by atoms with Gasteiger partial charge in [0.05, 0.1) is 12.9 Å². The van der Waals surface area contributed by atoms with Crippen LogP contribution in [0.4, 0.5) is 5.82 Å². The number of ether oxygens (including phenoxy) is 1. The molecule has 3 rings (SSSR count). The van der Waals surface area contributed by atoms with Crippen LogP contribution in [0.2, 0.25) is 0 Å². The Balaban J connectivity index is 0.00000101. The van der Waals surface area contributed by atoms with Crippen LogP contribution in [0, 0.1) is 0 Å². The number of aliphatic hydroxyl groups excluding tert-OH is 2. The van der Waals surface area contributed by atoms with Crippen LogP contribution in [-0.4, -0.2) is 69.3 Å². The van der Waals surface area contributed by atoms with Gasteiger partial charge in [0.15, 0.2) is 17.7 Å². The molecule has 0 radical (unpaired) electrons. The van der Waals surface area contributed by atoms with Crippen molar-refractivity contribution < 1.29 is 71.1 Å². The van der Waals surface area contributed by atoms with E-state index in [1.165, 1.54) is 10.9 Å². The Labute approximate surface area is 173 Å². The molecule has 0 bridgehead atoms. The quantitative estimate of drug-likeness (QED) is 0.230. The molecule has 1 unspecified atom stereocenters.